The van der Waals surface area contributed by atoms with Gasteiger partial charge in [-0.2, -0.15) is 0 Å². The summed E-state index contributed by atoms with van der Waals surface area (Å²) >= 11 is 0. The number of ether oxygens (including phenoxy) is 5. The third-order valence-corrected chi connectivity index (χ3v) is 5.52. The molecule has 0 spiro atoms. The van der Waals surface area contributed by atoms with Gasteiger partial charge in [0.1, 0.15) is 24.4 Å². The lowest BCUT2D eigenvalue weighted by Crippen LogP contribution is -2.57. The van der Waals surface area contributed by atoms with Crippen LogP contribution in [0.25, 0.3) is 0 Å². The molecule has 0 aliphatic carbocycles. The molecule has 6 N–H and O–H groups in total. The van der Waals surface area contributed by atoms with Crippen molar-refractivity contribution < 1.29 is 54.3 Å². The Bertz CT molecular complexity index is 494. The zero-order chi connectivity index (χ0) is 21.0. The van der Waals surface area contributed by atoms with Crippen LogP contribution < -0.4 is 0 Å². The first-order valence-electron chi connectivity index (χ1n) is 10.0. The number of aliphatic hydroxyl groups excluding tert-OH is 6. The average Bonchev–Trinajstić information content (AvgIpc) is 2.70. The Kier molecular flexibility index (Phi) is 8.60. The third kappa shape index (κ3) is 5.83. The van der Waals surface area contributed by atoms with Crippen LogP contribution in [-0.4, -0.2) is 118 Å². The van der Waals surface area contributed by atoms with Crippen LogP contribution in [-0.2, 0) is 23.7 Å². The van der Waals surface area contributed by atoms with Gasteiger partial charge in [0.05, 0.1) is 44.2 Å². The van der Waals surface area contributed by atoms with Crippen molar-refractivity contribution in [3.8, 4) is 0 Å². The maximum atomic E-state index is 10.6. The summed E-state index contributed by atoms with van der Waals surface area (Å²) in [6.07, 6.45) is -7.62. The summed E-state index contributed by atoms with van der Waals surface area (Å²) in [5.74, 6) is 0. The molecule has 29 heavy (non-hydrogen) atoms. The van der Waals surface area contributed by atoms with Gasteiger partial charge >= 0.3 is 0 Å². The fourth-order valence-corrected chi connectivity index (χ4v) is 4.01. The van der Waals surface area contributed by atoms with Gasteiger partial charge in [0, 0.05) is 25.9 Å². The van der Waals surface area contributed by atoms with E-state index in [0.29, 0.717) is 13.0 Å². The largest absolute Gasteiger partial charge is 0.394 e. The van der Waals surface area contributed by atoms with Crippen molar-refractivity contribution in [2.24, 2.45) is 0 Å². The molecule has 7 unspecified atom stereocenters. The quantitative estimate of drug-likeness (QED) is 0.250. The lowest BCUT2D eigenvalue weighted by Gasteiger charge is -2.44. The molecule has 0 aromatic heterocycles. The molecule has 0 radical (unpaired) electrons. The lowest BCUT2D eigenvalue weighted by molar-refractivity contribution is -0.327. The first-order chi connectivity index (χ1) is 13.9. The van der Waals surface area contributed by atoms with Gasteiger partial charge in [-0.25, -0.2) is 0 Å². The summed E-state index contributed by atoms with van der Waals surface area (Å²) in [5, 5.41) is 59.1. The second kappa shape index (κ2) is 10.7. The second-order valence-electron chi connectivity index (χ2n) is 7.73. The van der Waals surface area contributed by atoms with Crippen molar-refractivity contribution in [3.05, 3.63) is 0 Å². The zero-order valence-corrected chi connectivity index (χ0v) is 16.2. The Balaban J connectivity index is 1.59. The molecule has 3 aliphatic rings. The van der Waals surface area contributed by atoms with E-state index in [0.717, 1.165) is 0 Å². The van der Waals surface area contributed by atoms with Gasteiger partial charge in [-0.3, -0.25) is 0 Å². The van der Waals surface area contributed by atoms with E-state index < -0.39 is 68.0 Å². The van der Waals surface area contributed by atoms with Gasteiger partial charge in [0.15, 0.2) is 12.6 Å². The molecular formula is C18H32O11. The standard InChI is InChI=1S/C18H32O11/c19-6-10-3-9(22)4-15(26-10)28-18-12(24)5-16(27-14(18)8-21)29-17-11(23)1-2-25-13(17)7-20/h9-24H,1-8H2/t9-,10?,11+,12-,13?,14?,15?,16?,17?,18?/m0/s1. The lowest BCUT2D eigenvalue weighted by atomic mass is 9.99. The van der Waals surface area contributed by atoms with Crippen LogP contribution in [0.4, 0.5) is 0 Å². The predicted molar refractivity (Wildman–Crippen MR) is 94.6 cm³/mol. The van der Waals surface area contributed by atoms with Crippen molar-refractivity contribution in [2.75, 3.05) is 26.4 Å². The van der Waals surface area contributed by atoms with E-state index >= 15 is 0 Å². The molecule has 170 valence electrons. The van der Waals surface area contributed by atoms with Crippen LogP contribution in [0.3, 0.4) is 0 Å². The highest BCUT2D eigenvalue weighted by atomic mass is 16.7. The van der Waals surface area contributed by atoms with Gasteiger partial charge in [-0.1, -0.05) is 0 Å². The molecule has 3 rings (SSSR count). The average molecular weight is 424 g/mol. The third-order valence-electron chi connectivity index (χ3n) is 5.52. The van der Waals surface area contributed by atoms with Crippen LogP contribution in [0.2, 0.25) is 0 Å². The molecule has 0 aromatic carbocycles. The molecule has 0 amide bonds. The summed E-state index contributed by atoms with van der Waals surface area (Å²) in [6.45, 7) is -0.761. The van der Waals surface area contributed by atoms with E-state index in [9.17, 15) is 30.6 Å². The van der Waals surface area contributed by atoms with Crippen molar-refractivity contribution in [1.82, 2.24) is 0 Å². The summed E-state index contributed by atoms with van der Waals surface area (Å²) < 4.78 is 28.2. The molecule has 0 bridgehead atoms. The molecule has 0 saturated carbocycles. The minimum absolute atomic E-state index is 0.00123. The molecule has 3 aliphatic heterocycles. The van der Waals surface area contributed by atoms with Crippen LogP contribution in [0.15, 0.2) is 0 Å². The number of hydrogen-bond donors (Lipinski definition) is 6. The maximum Gasteiger partial charge on any atom is 0.161 e. The van der Waals surface area contributed by atoms with Crippen LogP contribution in [0.1, 0.15) is 25.7 Å². The second-order valence-corrected chi connectivity index (χ2v) is 7.73. The van der Waals surface area contributed by atoms with Gasteiger partial charge in [0.2, 0.25) is 0 Å². The number of hydrogen-bond acceptors (Lipinski definition) is 11. The molecule has 11 heteroatoms. The first kappa shape index (κ1) is 23.2. The van der Waals surface area contributed by atoms with Crippen molar-refractivity contribution in [1.29, 1.82) is 0 Å². The van der Waals surface area contributed by atoms with Gasteiger partial charge in [-0.15, -0.1) is 0 Å². The summed E-state index contributed by atoms with van der Waals surface area (Å²) in [6, 6.07) is 0. The molecule has 3 heterocycles. The van der Waals surface area contributed by atoms with Crippen LogP contribution in [0.5, 0.6) is 0 Å². The van der Waals surface area contributed by atoms with E-state index in [4.69, 9.17) is 23.7 Å². The zero-order valence-electron chi connectivity index (χ0n) is 16.2. The highest BCUT2D eigenvalue weighted by molar-refractivity contribution is 4.88. The van der Waals surface area contributed by atoms with E-state index in [-0.39, 0.29) is 32.5 Å². The smallest absolute Gasteiger partial charge is 0.161 e. The van der Waals surface area contributed by atoms with Crippen LogP contribution in [0, 0.1) is 0 Å². The highest BCUT2D eigenvalue weighted by Crippen LogP contribution is 2.30. The number of aliphatic hydroxyl groups is 6. The molecule has 10 atom stereocenters. The number of rotatable bonds is 7. The van der Waals surface area contributed by atoms with E-state index in [1.807, 2.05) is 0 Å². The predicted octanol–water partition coefficient (Wildman–Crippen LogP) is -2.77. The highest BCUT2D eigenvalue weighted by Gasteiger charge is 2.44. The van der Waals surface area contributed by atoms with Crippen LogP contribution >= 0.6 is 0 Å². The normalized spacial score (nSPS) is 46.6. The Morgan fingerprint density at radius 3 is 2.03 bits per heavy atom. The Labute approximate surface area is 168 Å². The Hall–Kier alpha value is -0.440. The summed E-state index contributed by atoms with van der Waals surface area (Å²) in [4.78, 5) is 0. The fourth-order valence-electron chi connectivity index (χ4n) is 4.01. The first-order valence-corrected chi connectivity index (χ1v) is 10.0. The van der Waals surface area contributed by atoms with E-state index in [2.05, 4.69) is 0 Å². The molecule has 0 aromatic rings. The van der Waals surface area contributed by atoms with Crippen molar-refractivity contribution >= 4 is 0 Å². The van der Waals surface area contributed by atoms with Crippen molar-refractivity contribution in [2.45, 2.75) is 87.1 Å². The van der Waals surface area contributed by atoms with Gasteiger partial charge in [0.25, 0.3) is 0 Å². The van der Waals surface area contributed by atoms with E-state index in [1.165, 1.54) is 0 Å². The molecule has 3 fully saturated rings. The fraction of sp³-hybridized carbons (Fsp3) is 1.00. The molecule has 3 saturated heterocycles. The summed E-state index contributed by atoms with van der Waals surface area (Å²) in [7, 11) is 0. The van der Waals surface area contributed by atoms with Gasteiger partial charge < -0.3 is 54.3 Å². The van der Waals surface area contributed by atoms with E-state index in [1.54, 1.807) is 0 Å². The molecular weight excluding hydrogens is 392 g/mol. The molecule has 11 nitrogen and oxygen atoms in total. The SMILES string of the molecule is OCC1C[C@H](O)CC(OC2C(CO)OC(OC3C(CO)OCC[C@H]3O)C[C@@H]2O)O1. The monoisotopic (exact) mass is 424 g/mol. The van der Waals surface area contributed by atoms with Gasteiger partial charge in [-0.05, 0) is 6.42 Å². The maximum absolute atomic E-state index is 10.6. The minimum Gasteiger partial charge on any atom is -0.394 e. The van der Waals surface area contributed by atoms with Crippen molar-refractivity contribution in [3.63, 3.8) is 0 Å². The summed E-state index contributed by atoms with van der Waals surface area (Å²) in [5.41, 5.74) is 0. The Morgan fingerprint density at radius 2 is 1.38 bits per heavy atom. The Morgan fingerprint density at radius 1 is 0.724 bits per heavy atom. The minimum atomic E-state index is -1.07. The topological polar surface area (TPSA) is 168 Å².